The lowest BCUT2D eigenvalue weighted by molar-refractivity contribution is -0.137. The number of esters is 1. The van der Waals surface area contributed by atoms with Crippen molar-refractivity contribution < 1.29 is 32.3 Å². The molecule has 0 aliphatic heterocycles. The number of oxime groups is 1. The molecule has 0 bridgehead atoms. The highest BCUT2D eigenvalue weighted by molar-refractivity contribution is 5.98. The minimum Gasteiger partial charge on any atom is -0.503 e. The summed E-state index contributed by atoms with van der Waals surface area (Å²) >= 11 is 0. The lowest BCUT2D eigenvalue weighted by Crippen LogP contribution is -2.07. The van der Waals surface area contributed by atoms with Crippen LogP contribution >= 0.6 is 0 Å². The van der Waals surface area contributed by atoms with Crippen LogP contribution in [0.15, 0.2) is 41.3 Å². The highest BCUT2D eigenvalue weighted by atomic mass is 19.4. The number of rotatable bonds is 5. The van der Waals surface area contributed by atoms with Gasteiger partial charge in [-0.15, -0.1) is 0 Å². The quantitative estimate of drug-likeness (QED) is 0.155. The molecule has 0 spiro atoms. The van der Waals surface area contributed by atoms with Crippen molar-refractivity contribution in [3.8, 4) is 11.8 Å². The van der Waals surface area contributed by atoms with Crippen LogP contribution in [0.5, 0.6) is 0 Å². The number of benzene rings is 1. The number of methoxy groups -OCH3 is 2. The van der Waals surface area contributed by atoms with Gasteiger partial charge in [-0.1, -0.05) is 29.1 Å². The van der Waals surface area contributed by atoms with E-state index in [4.69, 9.17) is 9.57 Å². The average Bonchev–Trinajstić information content (AvgIpc) is 2.59. The molecule has 5 nitrogen and oxygen atoms in total. The zero-order chi connectivity index (χ0) is 18.9. The lowest BCUT2D eigenvalue weighted by Gasteiger charge is -2.08. The molecule has 0 aliphatic carbocycles. The van der Waals surface area contributed by atoms with Gasteiger partial charge in [0, 0.05) is 0 Å². The summed E-state index contributed by atoms with van der Waals surface area (Å²) in [5.41, 5.74) is -0.246. The molecule has 0 radical (unpaired) electrons. The Labute approximate surface area is 143 Å². The fourth-order valence-electron chi connectivity index (χ4n) is 1.62. The van der Waals surface area contributed by atoms with Crippen molar-refractivity contribution in [1.29, 1.82) is 0 Å². The van der Waals surface area contributed by atoms with Gasteiger partial charge in [0.15, 0.2) is 6.61 Å². The topological polar surface area (TPSA) is 57.1 Å². The highest BCUT2D eigenvalue weighted by Crippen LogP contribution is 2.29. The third-order valence-corrected chi connectivity index (χ3v) is 2.81. The van der Waals surface area contributed by atoms with E-state index in [9.17, 15) is 18.0 Å². The first kappa shape index (κ1) is 20.1. The van der Waals surface area contributed by atoms with Gasteiger partial charge in [-0.25, -0.2) is 4.79 Å². The van der Waals surface area contributed by atoms with Gasteiger partial charge in [0.1, 0.15) is 11.8 Å². The van der Waals surface area contributed by atoms with E-state index in [0.717, 1.165) is 18.4 Å². The standard InChI is InChI=1S/C17H16F3NO4/c1-12(13-6-4-8-15(10-13)17(18,19)20)21-25-9-5-7-14(11-23-2)16(22)24-3/h4,6,8,10-11H,9H2,1-3H3/b14-11+,21-12-. The Kier molecular flexibility index (Phi) is 7.53. The lowest BCUT2D eigenvalue weighted by atomic mass is 10.1. The largest absolute Gasteiger partial charge is 0.503 e. The Morgan fingerprint density at radius 1 is 1.32 bits per heavy atom. The molecule has 0 amide bonds. The predicted octanol–water partition coefficient (Wildman–Crippen LogP) is 3.15. The average molecular weight is 355 g/mol. The molecule has 0 heterocycles. The van der Waals surface area contributed by atoms with E-state index in [1.165, 1.54) is 33.3 Å². The minimum absolute atomic E-state index is 0.00724. The summed E-state index contributed by atoms with van der Waals surface area (Å²) in [7, 11) is 2.55. The van der Waals surface area contributed by atoms with E-state index in [2.05, 4.69) is 21.7 Å². The van der Waals surface area contributed by atoms with Crippen LogP contribution in [0.1, 0.15) is 18.1 Å². The molecule has 0 N–H and O–H groups in total. The molecule has 134 valence electrons. The smallest absolute Gasteiger partial charge is 0.416 e. The van der Waals surface area contributed by atoms with Gasteiger partial charge >= 0.3 is 12.1 Å². The van der Waals surface area contributed by atoms with E-state index < -0.39 is 17.7 Å². The first-order valence-corrected chi connectivity index (χ1v) is 6.94. The molecule has 25 heavy (non-hydrogen) atoms. The number of nitrogens with zero attached hydrogens (tertiary/aromatic N) is 1. The van der Waals surface area contributed by atoms with E-state index in [1.807, 2.05) is 0 Å². The number of halogens is 3. The first-order chi connectivity index (χ1) is 11.8. The number of hydrogen-bond acceptors (Lipinski definition) is 5. The van der Waals surface area contributed by atoms with Crippen LogP contribution in [0, 0.1) is 11.8 Å². The zero-order valence-corrected chi connectivity index (χ0v) is 13.8. The zero-order valence-electron chi connectivity index (χ0n) is 13.8. The van der Waals surface area contributed by atoms with Crippen molar-refractivity contribution in [2.45, 2.75) is 13.1 Å². The fraction of sp³-hybridized carbons (Fsp3) is 0.294. The van der Waals surface area contributed by atoms with Gasteiger partial charge < -0.3 is 14.3 Å². The first-order valence-electron chi connectivity index (χ1n) is 6.94. The van der Waals surface area contributed by atoms with Gasteiger partial charge in [-0.05, 0) is 24.6 Å². The van der Waals surface area contributed by atoms with E-state index in [1.54, 1.807) is 0 Å². The number of carbonyl (C=O) groups is 1. The van der Waals surface area contributed by atoms with Crippen LogP contribution in [-0.4, -0.2) is 32.5 Å². The molecule has 0 atom stereocenters. The van der Waals surface area contributed by atoms with Gasteiger partial charge in [0.25, 0.3) is 0 Å². The molecule has 1 rings (SSSR count). The van der Waals surface area contributed by atoms with E-state index in [-0.39, 0.29) is 23.5 Å². The summed E-state index contributed by atoms with van der Waals surface area (Å²) in [6, 6.07) is 4.72. The second kappa shape index (κ2) is 9.37. The fourth-order valence-corrected chi connectivity index (χ4v) is 1.62. The van der Waals surface area contributed by atoms with Crippen LogP contribution in [0.4, 0.5) is 13.2 Å². The van der Waals surface area contributed by atoms with Crippen molar-refractivity contribution in [2.24, 2.45) is 5.16 Å². The number of alkyl halides is 3. The van der Waals surface area contributed by atoms with Crippen LogP contribution in [0.25, 0.3) is 0 Å². The number of carbonyl (C=O) groups excluding carboxylic acids is 1. The Hall–Kier alpha value is -2.95. The molecule has 0 saturated carbocycles. The predicted molar refractivity (Wildman–Crippen MR) is 84.5 cm³/mol. The molecule has 0 fully saturated rings. The summed E-state index contributed by atoms with van der Waals surface area (Å²) < 4.78 is 47.2. The maximum absolute atomic E-state index is 12.7. The van der Waals surface area contributed by atoms with Gasteiger partial charge in [0.2, 0.25) is 0 Å². The van der Waals surface area contributed by atoms with Crippen molar-refractivity contribution in [2.75, 3.05) is 20.8 Å². The maximum Gasteiger partial charge on any atom is 0.416 e. The van der Waals surface area contributed by atoms with Crippen molar-refractivity contribution in [3.63, 3.8) is 0 Å². The maximum atomic E-state index is 12.7. The molecule has 1 aromatic carbocycles. The van der Waals surface area contributed by atoms with Crippen LogP contribution < -0.4 is 0 Å². The second-order valence-corrected chi connectivity index (χ2v) is 4.59. The molecular formula is C17H16F3NO4. The van der Waals surface area contributed by atoms with E-state index in [0.29, 0.717) is 0 Å². The Morgan fingerprint density at radius 3 is 2.64 bits per heavy atom. The van der Waals surface area contributed by atoms with Crippen LogP contribution in [0.3, 0.4) is 0 Å². The van der Waals surface area contributed by atoms with Crippen molar-refractivity contribution >= 4 is 11.7 Å². The molecule has 0 unspecified atom stereocenters. The third-order valence-electron chi connectivity index (χ3n) is 2.81. The summed E-state index contributed by atoms with van der Waals surface area (Å²) in [6.45, 7) is 1.34. The molecule has 8 heteroatoms. The Morgan fingerprint density at radius 2 is 2.04 bits per heavy atom. The monoisotopic (exact) mass is 355 g/mol. The highest BCUT2D eigenvalue weighted by Gasteiger charge is 2.30. The number of ether oxygens (including phenoxy) is 2. The summed E-state index contributed by atoms with van der Waals surface area (Å²) in [4.78, 5) is 16.3. The molecule has 0 aliphatic rings. The summed E-state index contributed by atoms with van der Waals surface area (Å²) in [5.74, 6) is 4.33. The van der Waals surface area contributed by atoms with E-state index >= 15 is 0 Å². The van der Waals surface area contributed by atoms with Gasteiger partial charge in [-0.2, -0.15) is 13.2 Å². The van der Waals surface area contributed by atoms with Crippen molar-refractivity contribution in [1.82, 2.24) is 0 Å². The SMILES string of the molecule is CO/C=C(\C#CCO/N=C(/C)c1cccc(C(F)(F)F)c1)C(=O)OC. The molecular weight excluding hydrogens is 339 g/mol. The Balaban J connectivity index is 2.73. The number of hydrogen-bond donors (Lipinski definition) is 0. The minimum atomic E-state index is -4.43. The van der Waals surface area contributed by atoms with Crippen LogP contribution in [0.2, 0.25) is 0 Å². The van der Waals surface area contributed by atoms with Crippen molar-refractivity contribution in [3.05, 3.63) is 47.2 Å². The molecule has 0 aromatic heterocycles. The van der Waals surface area contributed by atoms with Crippen LogP contribution in [-0.2, 0) is 25.3 Å². The molecule has 0 saturated heterocycles. The normalized spacial score (nSPS) is 12.1. The van der Waals surface area contributed by atoms with Gasteiger partial charge in [0.05, 0.1) is 25.5 Å². The summed E-state index contributed by atoms with van der Waals surface area (Å²) in [6.07, 6.45) is -3.31. The third kappa shape index (κ3) is 6.59. The summed E-state index contributed by atoms with van der Waals surface area (Å²) in [5, 5.41) is 3.71. The van der Waals surface area contributed by atoms with Gasteiger partial charge in [-0.3, -0.25) is 0 Å². The Bertz CT molecular complexity index is 727. The molecule has 1 aromatic rings. The second-order valence-electron chi connectivity index (χ2n) is 4.59.